The van der Waals surface area contributed by atoms with Crippen LogP contribution in [0.25, 0.3) is 5.57 Å². The number of rotatable bonds is 2. The first-order valence-corrected chi connectivity index (χ1v) is 10.2. The summed E-state index contributed by atoms with van der Waals surface area (Å²) in [5, 5.41) is 0. The predicted octanol–water partition coefficient (Wildman–Crippen LogP) is 6.23. The molecule has 0 fully saturated rings. The molecule has 29 heavy (non-hydrogen) atoms. The van der Waals surface area contributed by atoms with Crippen LogP contribution in [-0.2, 0) is 4.79 Å². The number of nitrogens with zero attached hydrogens (tertiary/aromatic N) is 1. The number of hydrogen-bond donors (Lipinski definition) is 0. The zero-order chi connectivity index (χ0) is 20.3. The van der Waals surface area contributed by atoms with Crippen molar-refractivity contribution in [3.63, 3.8) is 0 Å². The molecule has 1 aliphatic heterocycles. The van der Waals surface area contributed by atoms with E-state index in [1.54, 1.807) is 0 Å². The second-order valence-electron chi connectivity index (χ2n) is 8.80. The smallest absolute Gasteiger partial charge is 0.241 e. The molecule has 0 bridgehead atoms. The first kappa shape index (κ1) is 17.9. The summed E-state index contributed by atoms with van der Waals surface area (Å²) >= 11 is 0. The lowest BCUT2D eigenvalue weighted by atomic mass is 9.81. The molecule has 1 aliphatic carbocycles. The van der Waals surface area contributed by atoms with Crippen LogP contribution < -0.4 is 4.90 Å². The van der Waals surface area contributed by atoms with Crippen LogP contribution in [0, 0.1) is 19.3 Å². The highest BCUT2D eigenvalue weighted by molar-refractivity contribution is 6.16. The molecule has 0 spiro atoms. The maximum atomic E-state index is 13.6. The lowest BCUT2D eigenvalue weighted by Crippen LogP contribution is -2.35. The van der Waals surface area contributed by atoms with Gasteiger partial charge in [0.15, 0.2) is 0 Å². The summed E-state index contributed by atoms with van der Waals surface area (Å²) in [4.78, 5) is 15.6. The van der Waals surface area contributed by atoms with Crippen molar-refractivity contribution in [3.8, 4) is 0 Å². The van der Waals surface area contributed by atoms with Crippen molar-refractivity contribution in [1.29, 1.82) is 0 Å². The molecule has 1 unspecified atom stereocenters. The van der Waals surface area contributed by atoms with Gasteiger partial charge in [-0.15, -0.1) is 0 Å². The van der Waals surface area contributed by atoms with Crippen molar-refractivity contribution in [2.24, 2.45) is 5.41 Å². The minimum atomic E-state index is -0.561. The number of hydrogen-bond acceptors (Lipinski definition) is 1. The van der Waals surface area contributed by atoms with Crippen molar-refractivity contribution >= 4 is 17.2 Å². The first-order valence-electron chi connectivity index (χ1n) is 10.2. The zero-order valence-electron chi connectivity index (χ0n) is 17.4. The molecule has 1 atom stereocenters. The topological polar surface area (TPSA) is 20.3 Å². The average Bonchev–Trinajstić information content (AvgIpc) is 3.13. The van der Waals surface area contributed by atoms with Crippen LogP contribution in [0.1, 0.15) is 47.6 Å². The van der Waals surface area contributed by atoms with Crippen LogP contribution in [0.15, 0.2) is 78.5 Å². The summed E-state index contributed by atoms with van der Waals surface area (Å²) in [6, 6.07) is 25.5. The van der Waals surface area contributed by atoms with Gasteiger partial charge in [-0.1, -0.05) is 71.8 Å². The van der Waals surface area contributed by atoms with Crippen molar-refractivity contribution in [1.82, 2.24) is 0 Å². The maximum absolute atomic E-state index is 13.6. The molecule has 1 heterocycles. The zero-order valence-corrected chi connectivity index (χ0v) is 17.4. The highest BCUT2D eigenvalue weighted by Crippen LogP contribution is 2.58. The summed E-state index contributed by atoms with van der Waals surface area (Å²) in [6.45, 7) is 8.38. The van der Waals surface area contributed by atoms with E-state index < -0.39 is 5.41 Å². The third kappa shape index (κ3) is 2.52. The molecule has 5 rings (SSSR count). The van der Waals surface area contributed by atoms with Crippen LogP contribution in [0.3, 0.4) is 0 Å². The summed E-state index contributed by atoms with van der Waals surface area (Å²) in [5.41, 5.74) is 8.92. The number of allylic oxidation sites excluding steroid dienone is 1. The number of aryl methyl sites for hydroxylation is 2. The monoisotopic (exact) mass is 379 g/mol. The third-order valence-corrected chi connectivity index (χ3v) is 6.35. The summed E-state index contributed by atoms with van der Waals surface area (Å²) in [5.74, 6) is 0.212. The quantitative estimate of drug-likeness (QED) is 0.516. The normalized spacial score (nSPS) is 19.5. The lowest BCUT2D eigenvalue weighted by Gasteiger charge is -2.29. The summed E-state index contributed by atoms with van der Waals surface area (Å²) in [6.07, 6.45) is 0. The van der Waals surface area contributed by atoms with E-state index in [0.717, 1.165) is 11.4 Å². The van der Waals surface area contributed by atoms with Crippen molar-refractivity contribution in [3.05, 3.63) is 106 Å². The number of carbonyl (C=O) groups excluding carboxylic acids is 1. The number of benzene rings is 3. The summed E-state index contributed by atoms with van der Waals surface area (Å²) < 4.78 is 0. The van der Waals surface area contributed by atoms with Gasteiger partial charge in [0.25, 0.3) is 0 Å². The Hall–Kier alpha value is -3.13. The van der Waals surface area contributed by atoms with Gasteiger partial charge >= 0.3 is 0 Å². The Kier molecular flexibility index (Phi) is 3.82. The molecule has 144 valence electrons. The molecule has 0 aromatic heterocycles. The highest BCUT2D eigenvalue weighted by Gasteiger charge is 2.53. The van der Waals surface area contributed by atoms with Crippen molar-refractivity contribution in [2.75, 3.05) is 4.90 Å². The molecule has 3 aromatic rings. The van der Waals surface area contributed by atoms with E-state index in [9.17, 15) is 4.79 Å². The average molecular weight is 380 g/mol. The van der Waals surface area contributed by atoms with Crippen LogP contribution >= 0.6 is 0 Å². The molecular formula is C27H25NO. The van der Waals surface area contributed by atoms with Gasteiger partial charge in [-0.3, -0.25) is 9.69 Å². The van der Waals surface area contributed by atoms with Gasteiger partial charge in [-0.25, -0.2) is 0 Å². The fourth-order valence-corrected chi connectivity index (χ4v) is 4.90. The maximum Gasteiger partial charge on any atom is 0.241 e. The van der Waals surface area contributed by atoms with Crippen LogP contribution in [-0.4, -0.2) is 5.91 Å². The lowest BCUT2D eigenvalue weighted by molar-refractivity contribution is -0.122. The molecule has 2 nitrogen and oxygen atoms in total. The van der Waals surface area contributed by atoms with E-state index in [1.165, 1.54) is 33.4 Å². The van der Waals surface area contributed by atoms with Crippen molar-refractivity contribution < 1.29 is 4.79 Å². The van der Waals surface area contributed by atoms with E-state index in [0.29, 0.717) is 0 Å². The van der Waals surface area contributed by atoms with Gasteiger partial charge in [-0.05, 0) is 62.1 Å². The van der Waals surface area contributed by atoms with Gasteiger partial charge < -0.3 is 0 Å². The molecule has 0 radical (unpaired) electrons. The third-order valence-electron chi connectivity index (χ3n) is 6.35. The van der Waals surface area contributed by atoms with Crippen molar-refractivity contribution in [2.45, 2.75) is 33.6 Å². The minimum Gasteiger partial charge on any atom is -0.283 e. The first-order chi connectivity index (χ1) is 13.9. The molecule has 0 saturated heterocycles. The molecular weight excluding hydrogens is 354 g/mol. The Bertz CT molecular complexity index is 1150. The highest BCUT2D eigenvalue weighted by atomic mass is 16.2. The molecule has 0 N–H and O–H groups in total. The Morgan fingerprint density at radius 1 is 0.828 bits per heavy atom. The second-order valence-corrected chi connectivity index (χ2v) is 8.80. The Morgan fingerprint density at radius 3 is 2.17 bits per heavy atom. The Labute approximate surface area is 172 Å². The molecule has 1 amide bonds. The van der Waals surface area contributed by atoms with E-state index in [-0.39, 0.29) is 11.8 Å². The minimum absolute atomic E-state index is 0.0615. The van der Waals surface area contributed by atoms with Gasteiger partial charge in [0.2, 0.25) is 5.91 Å². The molecule has 2 aliphatic rings. The number of amides is 1. The van der Waals surface area contributed by atoms with Crippen LogP contribution in [0.5, 0.6) is 0 Å². The van der Waals surface area contributed by atoms with E-state index >= 15 is 0 Å². The van der Waals surface area contributed by atoms with Crippen LogP contribution in [0.2, 0.25) is 0 Å². The number of fused-ring (bicyclic) bond motifs is 2. The van der Waals surface area contributed by atoms with Gasteiger partial charge in [0.1, 0.15) is 0 Å². The SMILES string of the molecule is Cc1ccc(C2C3=C(c4ccc(C)cc42)C(C)(C)C(=O)N3c2ccccc2)cc1. The van der Waals surface area contributed by atoms with E-state index in [1.807, 2.05) is 35.2 Å². The largest absolute Gasteiger partial charge is 0.283 e. The predicted molar refractivity (Wildman–Crippen MR) is 119 cm³/mol. The summed E-state index contributed by atoms with van der Waals surface area (Å²) in [7, 11) is 0. The van der Waals surface area contributed by atoms with Gasteiger partial charge in [0, 0.05) is 11.4 Å². The molecule has 3 aromatic carbocycles. The number of carbonyl (C=O) groups is 1. The van der Waals surface area contributed by atoms with Crippen LogP contribution in [0.4, 0.5) is 5.69 Å². The fourth-order valence-electron chi connectivity index (χ4n) is 4.90. The Balaban J connectivity index is 1.81. The standard InChI is InChI=1S/C27H25NO/c1-17-10-13-19(14-11-17)23-22-16-18(2)12-15-21(22)24-25(23)28(26(29)27(24,3)4)20-8-6-5-7-9-20/h5-16,23H,1-4H3. The van der Waals surface area contributed by atoms with E-state index in [4.69, 9.17) is 0 Å². The molecule has 0 saturated carbocycles. The van der Waals surface area contributed by atoms with E-state index in [2.05, 4.69) is 70.2 Å². The Morgan fingerprint density at radius 2 is 1.48 bits per heavy atom. The number of para-hydroxylation sites is 1. The van der Waals surface area contributed by atoms with Gasteiger partial charge in [0.05, 0.1) is 11.3 Å². The second kappa shape index (κ2) is 6.18. The number of anilines is 1. The fraction of sp³-hybridized carbons (Fsp3) is 0.222. The molecule has 2 heteroatoms. The van der Waals surface area contributed by atoms with Gasteiger partial charge in [-0.2, -0.15) is 0 Å².